The van der Waals surface area contributed by atoms with E-state index in [1.165, 1.54) is 6.92 Å². The molecule has 0 bridgehead atoms. The number of rotatable bonds is 11. The van der Waals surface area contributed by atoms with E-state index in [1.807, 2.05) is 45.0 Å². The van der Waals surface area contributed by atoms with E-state index >= 15 is 0 Å². The van der Waals surface area contributed by atoms with Crippen LogP contribution in [-0.4, -0.2) is 41.5 Å². The van der Waals surface area contributed by atoms with E-state index in [9.17, 15) is 19.2 Å². The zero-order chi connectivity index (χ0) is 26.0. The second kappa shape index (κ2) is 13.1. The molecule has 2 atom stereocenters. The number of para-hydroxylation sites is 1. The lowest BCUT2D eigenvalue weighted by molar-refractivity contribution is -0.141. The van der Waals surface area contributed by atoms with E-state index in [0.717, 1.165) is 16.8 Å². The normalized spacial score (nSPS) is 12.4. The van der Waals surface area contributed by atoms with Crippen LogP contribution >= 0.6 is 0 Å². The first-order valence-electron chi connectivity index (χ1n) is 11.6. The number of hydrogen-bond donors (Lipinski definition) is 5. The van der Waals surface area contributed by atoms with E-state index < -0.39 is 23.8 Å². The Kier molecular flexibility index (Phi) is 10.3. The molecule has 0 radical (unpaired) electrons. The minimum absolute atomic E-state index is 0.00941. The van der Waals surface area contributed by atoms with Crippen LogP contribution in [-0.2, 0) is 20.8 Å². The Morgan fingerprint density at radius 3 is 2.17 bits per heavy atom. The predicted molar refractivity (Wildman–Crippen MR) is 135 cm³/mol. The van der Waals surface area contributed by atoms with Gasteiger partial charge < -0.3 is 26.4 Å². The van der Waals surface area contributed by atoms with Gasteiger partial charge in [0.15, 0.2) is 0 Å². The molecule has 0 fully saturated rings. The lowest BCUT2D eigenvalue weighted by atomic mass is 10.0. The van der Waals surface area contributed by atoms with Gasteiger partial charge in [0, 0.05) is 17.9 Å². The van der Waals surface area contributed by atoms with Gasteiger partial charge in [-0.05, 0) is 48.6 Å². The van der Waals surface area contributed by atoms with Gasteiger partial charge in [-0.15, -0.1) is 0 Å². The fraction of sp³-hybridized carbons (Fsp3) is 0.385. The fourth-order valence-corrected chi connectivity index (χ4v) is 3.30. The Balaban J connectivity index is 1.90. The quantitative estimate of drug-likeness (QED) is 0.334. The highest BCUT2D eigenvalue weighted by molar-refractivity contribution is 6.00. The molecule has 0 aliphatic heterocycles. The van der Waals surface area contributed by atoms with Crippen molar-refractivity contribution < 1.29 is 24.3 Å². The van der Waals surface area contributed by atoms with E-state index in [0.29, 0.717) is 12.1 Å². The molecule has 2 aromatic rings. The molecule has 0 spiro atoms. The third-order valence-electron chi connectivity index (χ3n) is 5.33. The van der Waals surface area contributed by atoms with Gasteiger partial charge in [-0.25, -0.2) is 4.79 Å². The van der Waals surface area contributed by atoms with Crippen LogP contribution in [0, 0.1) is 18.8 Å². The summed E-state index contributed by atoms with van der Waals surface area (Å²) in [4.78, 5) is 48.3. The van der Waals surface area contributed by atoms with Crippen LogP contribution in [0.3, 0.4) is 0 Å². The summed E-state index contributed by atoms with van der Waals surface area (Å²) < 4.78 is 0. The molecule has 4 amide bonds. The molecule has 0 heterocycles. The van der Waals surface area contributed by atoms with Crippen molar-refractivity contribution in [3.63, 3.8) is 0 Å². The summed E-state index contributed by atoms with van der Waals surface area (Å²) in [6, 6.07) is 13.2. The maximum Gasteiger partial charge on any atom is 0.323 e. The number of carboxylic acids is 1. The highest BCUT2D eigenvalue weighted by atomic mass is 16.4. The van der Waals surface area contributed by atoms with E-state index in [1.54, 1.807) is 24.3 Å². The van der Waals surface area contributed by atoms with Crippen molar-refractivity contribution in [3.05, 3.63) is 59.7 Å². The van der Waals surface area contributed by atoms with Gasteiger partial charge in [0.05, 0.1) is 12.3 Å². The Bertz CT molecular complexity index is 1040. The molecule has 2 aromatic carbocycles. The van der Waals surface area contributed by atoms with Gasteiger partial charge in [-0.2, -0.15) is 0 Å². The first-order chi connectivity index (χ1) is 16.5. The smallest absolute Gasteiger partial charge is 0.323 e. The molecule has 0 saturated carbocycles. The van der Waals surface area contributed by atoms with Gasteiger partial charge >= 0.3 is 12.0 Å². The van der Waals surface area contributed by atoms with Crippen molar-refractivity contribution in [2.24, 2.45) is 11.8 Å². The molecule has 5 N–H and O–H groups in total. The monoisotopic (exact) mass is 482 g/mol. The Hall–Kier alpha value is -3.88. The maximum atomic E-state index is 12.6. The second-order valence-corrected chi connectivity index (χ2v) is 9.00. The van der Waals surface area contributed by atoms with Crippen LogP contribution in [0.15, 0.2) is 48.5 Å². The topological polar surface area (TPSA) is 137 Å². The van der Waals surface area contributed by atoms with Crippen molar-refractivity contribution >= 4 is 35.2 Å². The summed E-state index contributed by atoms with van der Waals surface area (Å²) in [5.74, 6) is -2.30. The number of anilines is 2. The zero-order valence-electron chi connectivity index (χ0n) is 20.6. The zero-order valence-corrected chi connectivity index (χ0v) is 20.6. The molecule has 35 heavy (non-hydrogen) atoms. The minimum atomic E-state index is -1.000. The summed E-state index contributed by atoms with van der Waals surface area (Å²) in [6.07, 6.45) is 0.487. The Labute approximate surface area is 205 Å². The Morgan fingerprint density at radius 1 is 0.914 bits per heavy atom. The van der Waals surface area contributed by atoms with Gasteiger partial charge in [0.1, 0.15) is 6.04 Å². The van der Waals surface area contributed by atoms with Crippen molar-refractivity contribution in [1.29, 1.82) is 0 Å². The standard InChI is InChI=1S/C26H34N4O5/c1-16(2)13-22(24(32)27-15-18(4)25(33)34)29-23(31)14-19-9-11-20(12-10-19)28-26(35)30-21-8-6-5-7-17(21)3/h5-12,16,18,22H,13-15H2,1-4H3,(H,27,32)(H,29,31)(H,33,34)(H2,28,30,35). The van der Waals surface area contributed by atoms with Gasteiger partial charge in [-0.1, -0.05) is 51.1 Å². The van der Waals surface area contributed by atoms with Crippen molar-refractivity contribution in [2.75, 3.05) is 17.2 Å². The predicted octanol–water partition coefficient (Wildman–Crippen LogP) is 3.55. The summed E-state index contributed by atoms with van der Waals surface area (Å²) in [7, 11) is 0. The molecule has 0 aliphatic rings. The molecule has 9 heteroatoms. The highest BCUT2D eigenvalue weighted by Crippen LogP contribution is 2.15. The van der Waals surface area contributed by atoms with Gasteiger partial charge in [0.25, 0.3) is 0 Å². The van der Waals surface area contributed by atoms with Crippen LogP contribution < -0.4 is 21.3 Å². The molecule has 188 valence electrons. The molecule has 0 saturated heterocycles. The van der Waals surface area contributed by atoms with Gasteiger partial charge in [-0.3, -0.25) is 14.4 Å². The Morgan fingerprint density at radius 2 is 1.57 bits per heavy atom. The fourth-order valence-electron chi connectivity index (χ4n) is 3.30. The van der Waals surface area contributed by atoms with Crippen LogP contribution in [0.4, 0.5) is 16.2 Å². The molecular weight excluding hydrogens is 448 g/mol. The number of hydrogen-bond acceptors (Lipinski definition) is 4. The summed E-state index contributed by atoms with van der Waals surface area (Å²) in [5, 5.41) is 19.9. The number of carbonyl (C=O) groups is 4. The third kappa shape index (κ3) is 9.48. The molecule has 0 aliphatic carbocycles. The number of urea groups is 1. The molecule has 0 aromatic heterocycles. The average molecular weight is 483 g/mol. The van der Waals surface area contributed by atoms with Crippen molar-refractivity contribution in [2.45, 2.75) is 46.6 Å². The number of carboxylic acid groups (broad SMARTS) is 1. The lowest BCUT2D eigenvalue weighted by Gasteiger charge is -2.21. The largest absolute Gasteiger partial charge is 0.481 e. The molecule has 2 unspecified atom stereocenters. The number of carbonyl (C=O) groups excluding carboxylic acids is 3. The highest BCUT2D eigenvalue weighted by Gasteiger charge is 2.23. The molecule has 2 rings (SSSR count). The first-order valence-corrected chi connectivity index (χ1v) is 11.6. The van der Waals surface area contributed by atoms with Crippen LogP contribution in [0.1, 0.15) is 38.3 Å². The van der Waals surface area contributed by atoms with E-state index in [2.05, 4.69) is 21.3 Å². The second-order valence-electron chi connectivity index (χ2n) is 9.00. The summed E-state index contributed by atoms with van der Waals surface area (Å²) in [5.41, 5.74) is 2.96. The molecular formula is C26H34N4O5. The number of benzene rings is 2. The average Bonchev–Trinajstić information content (AvgIpc) is 2.79. The van der Waals surface area contributed by atoms with Crippen LogP contribution in [0.5, 0.6) is 0 Å². The number of aliphatic carboxylic acids is 1. The number of aryl methyl sites for hydroxylation is 1. The third-order valence-corrected chi connectivity index (χ3v) is 5.33. The molecule has 9 nitrogen and oxygen atoms in total. The van der Waals surface area contributed by atoms with E-state index in [-0.39, 0.29) is 30.8 Å². The number of amides is 4. The van der Waals surface area contributed by atoms with E-state index in [4.69, 9.17) is 5.11 Å². The maximum absolute atomic E-state index is 12.6. The van der Waals surface area contributed by atoms with Crippen LogP contribution in [0.25, 0.3) is 0 Å². The van der Waals surface area contributed by atoms with Crippen molar-refractivity contribution in [1.82, 2.24) is 10.6 Å². The minimum Gasteiger partial charge on any atom is -0.481 e. The van der Waals surface area contributed by atoms with Crippen LogP contribution in [0.2, 0.25) is 0 Å². The first kappa shape index (κ1) is 27.4. The lowest BCUT2D eigenvalue weighted by Crippen LogP contribution is -2.49. The van der Waals surface area contributed by atoms with Crippen molar-refractivity contribution in [3.8, 4) is 0 Å². The SMILES string of the molecule is Cc1ccccc1NC(=O)Nc1ccc(CC(=O)NC(CC(C)C)C(=O)NCC(C)C(=O)O)cc1. The summed E-state index contributed by atoms with van der Waals surface area (Å²) in [6.45, 7) is 7.27. The summed E-state index contributed by atoms with van der Waals surface area (Å²) >= 11 is 0. The van der Waals surface area contributed by atoms with Gasteiger partial charge in [0.2, 0.25) is 11.8 Å². The number of nitrogens with one attached hydrogen (secondary N) is 4.